The molecule has 300 valence electrons. The van der Waals surface area contributed by atoms with Crippen LogP contribution in [0.2, 0.25) is 5.15 Å². The molecule has 21 heteroatoms. The van der Waals surface area contributed by atoms with Crippen molar-refractivity contribution >= 4 is 63.9 Å². The Balaban J connectivity index is 0.000000205. The molecule has 0 spiro atoms. The maximum Gasteiger partial charge on any atom is 0.408 e. The first-order valence-corrected chi connectivity index (χ1v) is 17.9. The van der Waals surface area contributed by atoms with Crippen molar-refractivity contribution in [2.24, 2.45) is 0 Å². The van der Waals surface area contributed by atoms with Crippen molar-refractivity contribution in [3.8, 4) is 0 Å². The molecule has 0 bridgehead atoms. The van der Waals surface area contributed by atoms with Crippen molar-refractivity contribution in [3.05, 3.63) is 30.5 Å². The minimum Gasteiger partial charge on any atom is -0.467 e. The van der Waals surface area contributed by atoms with Gasteiger partial charge in [-0.05, 0) is 80.3 Å². The highest BCUT2D eigenvalue weighted by Crippen LogP contribution is 2.30. The number of aromatic amines is 2. The normalized spacial score (nSPS) is 16.3. The van der Waals surface area contributed by atoms with Crippen LogP contribution in [0.25, 0.3) is 22.3 Å². The summed E-state index contributed by atoms with van der Waals surface area (Å²) >= 11 is 5.68. The number of amides is 2. The summed E-state index contributed by atoms with van der Waals surface area (Å²) in [7, 11) is 2.63. The Morgan fingerprint density at radius 1 is 0.691 bits per heavy atom. The van der Waals surface area contributed by atoms with Gasteiger partial charge in [0.2, 0.25) is 0 Å². The number of ether oxygens (including phenoxy) is 4. The molecule has 0 atom stereocenters. The lowest BCUT2D eigenvalue weighted by atomic mass is 9.87. The summed E-state index contributed by atoms with van der Waals surface area (Å²) in [6, 6.07) is 0. The minimum atomic E-state index is -1.13. The molecule has 2 fully saturated rings. The fraction of sp³-hybridized carbons (Fsp3) is 0.588. The number of fused-ring (bicyclic) bond motifs is 2. The molecule has 0 radical (unpaired) electrons. The summed E-state index contributed by atoms with van der Waals surface area (Å²) < 4.78 is 20.2. The van der Waals surface area contributed by atoms with E-state index >= 15 is 0 Å². The van der Waals surface area contributed by atoms with Gasteiger partial charge in [0.05, 0.1) is 26.9 Å². The number of hydrogen-bond donors (Lipinski definition) is 5. The third-order valence-corrected chi connectivity index (χ3v) is 8.67. The van der Waals surface area contributed by atoms with E-state index in [4.69, 9.17) is 30.5 Å². The van der Waals surface area contributed by atoms with Crippen LogP contribution in [0.1, 0.15) is 67.2 Å². The van der Waals surface area contributed by atoms with Crippen LogP contribution in [-0.4, -0.2) is 127 Å². The van der Waals surface area contributed by atoms with Crippen LogP contribution < -0.4 is 20.9 Å². The topological polar surface area (TPSA) is 253 Å². The smallest absolute Gasteiger partial charge is 0.408 e. The SMILES string of the molecule is COC(=O)C1(NC(=O)OC(C)(C)C)CCN(c2ncnc3nc[nH]c23)CC1.COC(=O)C1(NC(=O)OC(C)(C)C)CCNCC1.Clc1ncnc2nc[nH]c12. The van der Waals surface area contributed by atoms with Crippen LogP contribution in [0.3, 0.4) is 0 Å². The summed E-state index contributed by atoms with van der Waals surface area (Å²) in [6.45, 7) is 12.9. The molecule has 0 saturated carbocycles. The Hall–Kier alpha value is -5.37. The second-order valence-corrected chi connectivity index (χ2v) is 15.1. The standard InChI is InChI=1S/C17H24N6O4.C12H22N2O4.C5H3ClN4/c1-16(2,3)27-15(25)22-17(14(24)26-4)5-7-23(8-6-17)13-11-12(19-9-18-11)20-10-21-13;1-11(2,3)18-10(16)14-12(9(15)17-4)5-7-13-8-6-12;6-4-3-5(9-1-7-3)10-2-8-4/h9-10H,5-8H2,1-4H3,(H,22,25)(H,18,19,20,21);13H,5-8H2,1-4H3,(H,14,16);1-2H,(H,7,8,9,10). The zero-order valence-electron chi connectivity index (χ0n) is 32.2. The van der Waals surface area contributed by atoms with Gasteiger partial charge in [0.25, 0.3) is 0 Å². The fourth-order valence-electron chi connectivity index (χ4n) is 5.83. The quantitative estimate of drug-likeness (QED) is 0.111. The van der Waals surface area contributed by atoms with Gasteiger partial charge < -0.3 is 49.8 Å². The van der Waals surface area contributed by atoms with E-state index in [9.17, 15) is 19.2 Å². The third-order valence-electron chi connectivity index (χ3n) is 8.39. The predicted molar refractivity (Wildman–Crippen MR) is 200 cm³/mol. The van der Waals surface area contributed by atoms with E-state index in [1.165, 1.54) is 33.2 Å². The van der Waals surface area contributed by atoms with Crippen molar-refractivity contribution in [1.29, 1.82) is 0 Å². The van der Waals surface area contributed by atoms with Crippen LogP contribution in [0.15, 0.2) is 25.3 Å². The molecule has 2 amide bonds. The molecule has 0 aliphatic carbocycles. The van der Waals surface area contributed by atoms with Gasteiger partial charge in [-0.15, -0.1) is 0 Å². The number of imidazole rings is 2. The number of hydrogen-bond acceptors (Lipinski definition) is 16. The molecular weight excluding hydrogens is 740 g/mol. The first-order valence-electron chi connectivity index (χ1n) is 17.5. The number of H-pyrrole nitrogens is 2. The molecule has 55 heavy (non-hydrogen) atoms. The van der Waals surface area contributed by atoms with E-state index in [-0.39, 0.29) is 0 Å². The second kappa shape index (κ2) is 17.8. The number of halogens is 1. The molecule has 0 aromatic carbocycles. The lowest BCUT2D eigenvalue weighted by molar-refractivity contribution is -0.150. The highest BCUT2D eigenvalue weighted by Gasteiger charge is 2.45. The van der Waals surface area contributed by atoms with Crippen molar-refractivity contribution in [3.63, 3.8) is 0 Å². The lowest BCUT2D eigenvalue weighted by Crippen LogP contribution is -2.61. The molecule has 6 rings (SSSR count). The number of piperidine rings is 2. The third kappa shape index (κ3) is 11.3. The lowest BCUT2D eigenvalue weighted by Gasteiger charge is -2.40. The number of carbonyl (C=O) groups excluding carboxylic acids is 4. The average molecular weight is 789 g/mol. The van der Waals surface area contributed by atoms with E-state index in [0.29, 0.717) is 79.6 Å². The summed E-state index contributed by atoms with van der Waals surface area (Å²) in [5.41, 5.74) is -0.747. The van der Waals surface area contributed by atoms with Gasteiger partial charge in [-0.25, -0.2) is 49.1 Å². The van der Waals surface area contributed by atoms with Crippen LogP contribution in [0, 0.1) is 0 Å². The minimum absolute atomic E-state index is 0.360. The van der Waals surface area contributed by atoms with Crippen molar-refractivity contribution in [1.82, 2.24) is 55.8 Å². The zero-order valence-corrected chi connectivity index (χ0v) is 33.0. The Morgan fingerprint density at radius 2 is 1.15 bits per heavy atom. The molecule has 2 aliphatic rings. The Morgan fingerprint density at radius 3 is 1.62 bits per heavy atom. The molecule has 6 heterocycles. The van der Waals surface area contributed by atoms with E-state index in [1.807, 2.05) is 4.90 Å². The Bertz CT molecular complexity index is 1930. The van der Waals surface area contributed by atoms with Crippen molar-refractivity contribution < 1.29 is 38.1 Å². The fourth-order valence-corrected chi connectivity index (χ4v) is 6.01. The van der Waals surface area contributed by atoms with Crippen LogP contribution in [-0.2, 0) is 28.5 Å². The number of anilines is 1. The van der Waals surface area contributed by atoms with Crippen LogP contribution >= 0.6 is 11.6 Å². The van der Waals surface area contributed by atoms with Gasteiger partial charge in [0, 0.05) is 13.1 Å². The first kappa shape index (κ1) is 42.4. The Kier molecular flexibility index (Phi) is 13.7. The zero-order chi connectivity index (χ0) is 40.4. The molecular formula is C34H49ClN12O8. The van der Waals surface area contributed by atoms with Gasteiger partial charge in [0.15, 0.2) is 22.3 Å². The number of nitrogens with zero attached hydrogens (tertiary/aromatic N) is 7. The molecule has 20 nitrogen and oxygen atoms in total. The molecule has 2 aliphatic heterocycles. The number of carbonyl (C=O) groups is 4. The van der Waals surface area contributed by atoms with Gasteiger partial charge in [-0.3, -0.25) is 0 Å². The monoisotopic (exact) mass is 788 g/mol. The van der Waals surface area contributed by atoms with Gasteiger partial charge >= 0.3 is 24.1 Å². The van der Waals surface area contributed by atoms with Gasteiger partial charge in [-0.2, -0.15) is 0 Å². The van der Waals surface area contributed by atoms with Gasteiger partial charge in [0.1, 0.15) is 46.0 Å². The summed E-state index contributed by atoms with van der Waals surface area (Å²) in [5.74, 6) is -0.189. The molecule has 0 unspecified atom stereocenters. The summed E-state index contributed by atoms with van der Waals surface area (Å²) in [6.07, 6.45) is 6.43. The maximum atomic E-state index is 12.5. The second-order valence-electron chi connectivity index (χ2n) is 14.7. The highest BCUT2D eigenvalue weighted by molar-refractivity contribution is 6.33. The van der Waals surface area contributed by atoms with Crippen LogP contribution in [0.4, 0.5) is 15.4 Å². The molecule has 4 aromatic rings. The number of rotatable bonds is 5. The van der Waals surface area contributed by atoms with E-state index in [1.54, 1.807) is 47.9 Å². The number of esters is 2. The predicted octanol–water partition coefficient (Wildman–Crippen LogP) is 3.20. The average Bonchev–Trinajstić information content (AvgIpc) is 3.81. The molecule has 5 N–H and O–H groups in total. The van der Waals surface area contributed by atoms with Crippen molar-refractivity contribution in [2.45, 2.75) is 89.5 Å². The van der Waals surface area contributed by atoms with E-state index in [2.05, 4.69) is 55.8 Å². The summed E-state index contributed by atoms with van der Waals surface area (Å²) in [4.78, 5) is 80.4. The Labute approximate surface area is 322 Å². The maximum absolute atomic E-state index is 12.5. The number of aromatic nitrogens is 8. The first-order chi connectivity index (χ1) is 25.9. The highest BCUT2D eigenvalue weighted by atomic mass is 35.5. The van der Waals surface area contributed by atoms with E-state index < -0.39 is 46.4 Å². The number of nitrogens with one attached hydrogen (secondary N) is 5. The van der Waals surface area contributed by atoms with E-state index in [0.717, 1.165) is 5.52 Å². The van der Waals surface area contributed by atoms with Gasteiger partial charge in [-0.1, -0.05) is 11.6 Å². The number of alkyl carbamates (subject to hydrolysis) is 2. The molecule has 4 aromatic heterocycles. The number of methoxy groups -OCH3 is 2. The molecule has 2 saturated heterocycles. The van der Waals surface area contributed by atoms with Crippen molar-refractivity contribution in [2.75, 3.05) is 45.3 Å². The van der Waals surface area contributed by atoms with Crippen LogP contribution in [0.5, 0.6) is 0 Å². The summed E-state index contributed by atoms with van der Waals surface area (Å²) in [5, 5.41) is 8.94. The largest absolute Gasteiger partial charge is 0.467 e.